The van der Waals surface area contributed by atoms with Crippen molar-refractivity contribution in [2.45, 2.75) is 12.5 Å². The Balaban J connectivity index is 1.33. The Morgan fingerprint density at radius 2 is 1.95 bits per heavy atom. The molecule has 11 heteroatoms. The highest BCUT2D eigenvalue weighted by Gasteiger charge is 2.27. The zero-order valence-electron chi connectivity index (χ0n) is 22.3. The summed E-state index contributed by atoms with van der Waals surface area (Å²) in [4.78, 5) is 33.0. The third-order valence-corrected chi connectivity index (χ3v) is 6.41. The molecule has 1 aliphatic rings. The molecule has 1 fully saturated rings. The summed E-state index contributed by atoms with van der Waals surface area (Å²) < 4.78 is 12.1. The number of anilines is 1. The number of aromatic amines is 1. The van der Waals surface area contributed by atoms with E-state index in [0.29, 0.717) is 53.7 Å². The van der Waals surface area contributed by atoms with Gasteiger partial charge in [0, 0.05) is 44.0 Å². The van der Waals surface area contributed by atoms with Crippen LogP contribution < -0.4 is 20.5 Å². The summed E-state index contributed by atoms with van der Waals surface area (Å²) in [5.74, 6) is 1.68. The predicted molar refractivity (Wildman–Crippen MR) is 152 cm³/mol. The molecule has 0 radical (unpaired) electrons. The van der Waals surface area contributed by atoms with Gasteiger partial charge in [0.05, 0.1) is 5.56 Å². The van der Waals surface area contributed by atoms with E-state index >= 15 is 0 Å². The van der Waals surface area contributed by atoms with Crippen molar-refractivity contribution in [1.82, 2.24) is 25.0 Å². The Bertz CT molecular complexity index is 1530. The van der Waals surface area contributed by atoms with E-state index in [4.69, 9.17) is 15.2 Å². The number of likely N-dealkylation sites (tertiary alicyclic amines) is 1. The zero-order chi connectivity index (χ0) is 28.1. The molecule has 40 heavy (non-hydrogen) atoms. The summed E-state index contributed by atoms with van der Waals surface area (Å²) in [7, 11) is 3.91. The number of hydrogen-bond donors (Lipinski definition) is 3. The van der Waals surface area contributed by atoms with Gasteiger partial charge in [0.15, 0.2) is 11.5 Å². The molecule has 2 aromatic heterocycles. The van der Waals surface area contributed by atoms with Crippen LogP contribution in [0.1, 0.15) is 16.8 Å². The first-order valence-corrected chi connectivity index (χ1v) is 12.9. The number of amides is 2. The molecule has 0 spiro atoms. The number of carbonyl (C=O) groups excluding carboxylic acids is 2. The summed E-state index contributed by atoms with van der Waals surface area (Å²) >= 11 is 0. The Morgan fingerprint density at radius 1 is 1.12 bits per heavy atom. The molecule has 1 saturated heterocycles. The minimum atomic E-state index is -0.653. The highest BCUT2D eigenvalue weighted by molar-refractivity contribution is 5.97. The maximum Gasteiger partial charge on any atom is 0.252 e. The largest absolute Gasteiger partial charge is 0.457 e. The number of benzene rings is 2. The van der Waals surface area contributed by atoms with Gasteiger partial charge in [-0.3, -0.25) is 14.7 Å². The Labute approximate surface area is 231 Å². The highest BCUT2D eigenvalue weighted by Crippen LogP contribution is 2.36. The van der Waals surface area contributed by atoms with Crippen molar-refractivity contribution in [3.63, 3.8) is 0 Å². The fourth-order valence-electron chi connectivity index (χ4n) is 4.45. The number of para-hydroxylation sites is 1. The van der Waals surface area contributed by atoms with Gasteiger partial charge >= 0.3 is 0 Å². The number of H-pyrrole nitrogens is 1. The normalized spacial score (nSPS) is 15.2. The van der Waals surface area contributed by atoms with Crippen molar-refractivity contribution in [3.8, 4) is 23.0 Å². The van der Waals surface area contributed by atoms with E-state index < -0.39 is 5.91 Å². The molecule has 2 aromatic carbocycles. The number of aromatic nitrogens is 3. The van der Waals surface area contributed by atoms with Gasteiger partial charge in [-0.2, -0.15) is 5.10 Å². The third kappa shape index (κ3) is 6.21. The van der Waals surface area contributed by atoms with E-state index in [-0.39, 0.29) is 23.3 Å². The predicted octanol–water partition coefficient (Wildman–Crippen LogP) is 3.77. The molecule has 0 bridgehead atoms. The van der Waals surface area contributed by atoms with E-state index in [9.17, 15) is 9.59 Å². The lowest BCUT2D eigenvalue weighted by Gasteiger charge is -2.16. The van der Waals surface area contributed by atoms with Crippen molar-refractivity contribution >= 4 is 28.7 Å². The first-order valence-electron chi connectivity index (χ1n) is 12.9. The molecule has 2 amide bonds. The SMILES string of the molecule is CN(C)C/C=C/C(=O)N1CCC(Nc2n[nH]c3nccc(Oc4ccc(Oc5ccccc5)cc4C(N)=O)c23)C1. The van der Waals surface area contributed by atoms with Crippen molar-refractivity contribution < 1.29 is 19.1 Å². The Morgan fingerprint density at radius 3 is 2.73 bits per heavy atom. The van der Waals surface area contributed by atoms with Crippen molar-refractivity contribution in [3.05, 3.63) is 78.5 Å². The lowest BCUT2D eigenvalue weighted by Crippen LogP contribution is -2.30. The van der Waals surface area contributed by atoms with Crippen molar-refractivity contribution in [1.29, 1.82) is 0 Å². The first-order chi connectivity index (χ1) is 19.4. The molecule has 0 aliphatic carbocycles. The van der Waals surface area contributed by atoms with Crippen LogP contribution in [0.15, 0.2) is 72.9 Å². The van der Waals surface area contributed by atoms with Gasteiger partial charge in [-0.1, -0.05) is 24.3 Å². The second-order valence-corrected chi connectivity index (χ2v) is 9.72. The van der Waals surface area contributed by atoms with Crippen LogP contribution in [0.3, 0.4) is 0 Å². The molecule has 3 heterocycles. The number of nitrogens with zero attached hydrogens (tertiary/aromatic N) is 4. The second kappa shape index (κ2) is 11.9. The van der Waals surface area contributed by atoms with Gasteiger partial charge in [0.25, 0.3) is 5.91 Å². The minimum Gasteiger partial charge on any atom is -0.457 e. The summed E-state index contributed by atoms with van der Waals surface area (Å²) in [5, 5.41) is 11.4. The van der Waals surface area contributed by atoms with E-state index in [1.165, 1.54) is 0 Å². The number of nitrogens with two attached hydrogens (primary N) is 1. The van der Waals surface area contributed by atoms with Crippen LogP contribution in [0.4, 0.5) is 5.82 Å². The van der Waals surface area contributed by atoms with Gasteiger partial charge in [-0.25, -0.2) is 4.98 Å². The van der Waals surface area contributed by atoms with E-state index in [1.54, 1.807) is 36.5 Å². The quantitative estimate of drug-likeness (QED) is 0.258. The number of likely N-dealkylation sites (N-methyl/N-ethyl adjacent to an activating group) is 1. The highest BCUT2D eigenvalue weighted by atomic mass is 16.5. The Kier molecular flexibility index (Phi) is 7.92. The number of fused-ring (bicyclic) bond motifs is 1. The topological polar surface area (TPSA) is 139 Å². The van der Waals surface area contributed by atoms with Crippen LogP contribution in [0.2, 0.25) is 0 Å². The van der Waals surface area contributed by atoms with Gasteiger partial charge in [0.1, 0.15) is 28.4 Å². The van der Waals surface area contributed by atoms with Crippen molar-refractivity contribution in [2.75, 3.05) is 39.0 Å². The molecule has 1 aliphatic heterocycles. The third-order valence-electron chi connectivity index (χ3n) is 6.41. The fourth-order valence-corrected chi connectivity index (χ4v) is 4.45. The van der Waals surface area contributed by atoms with Crippen LogP contribution >= 0.6 is 0 Å². The van der Waals surface area contributed by atoms with E-state index in [0.717, 1.165) is 6.42 Å². The van der Waals surface area contributed by atoms with Gasteiger partial charge in [-0.05, 0) is 50.8 Å². The molecule has 206 valence electrons. The number of rotatable bonds is 10. The minimum absolute atomic E-state index is 0.00125. The maximum absolute atomic E-state index is 12.6. The summed E-state index contributed by atoms with van der Waals surface area (Å²) in [5.41, 5.74) is 6.37. The van der Waals surface area contributed by atoms with Crippen LogP contribution in [0.5, 0.6) is 23.0 Å². The summed E-state index contributed by atoms with van der Waals surface area (Å²) in [6.45, 7) is 1.90. The number of pyridine rings is 1. The van der Waals surface area contributed by atoms with Crippen molar-refractivity contribution in [2.24, 2.45) is 5.73 Å². The van der Waals surface area contributed by atoms with Gasteiger partial charge in [0.2, 0.25) is 5.91 Å². The van der Waals surface area contributed by atoms with Gasteiger partial charge in [-0.15, -0.1) is 0 Å². The maximum atomic E-state index is 12.6. The molecule has 4 N–H and O–H groups in total. The number of ether oxygens (including phenoxy) is 2. The second-order valence-electron chi connectivity index (χ2n) is 9.72. The average Bonchev–Trinajstić information content (AvgIpc) is 3.58. The number of hydrogen-bond acceptors (Lipinski definition) is 8. The molecule has 5 rings (SSSR count). The van der Waals surface area contributed by atoms with E-state index in [2.05, 4.69) is 20.5 Å². The molecule has 1 atom stereocenters. The smallest absolute Gasteiger partial charge is 0.252 e. The molecule has 11 nitrogen and oxygen atoms in total. The number of nitrogens with one attached hydrogen (secondary N) is 2. The summed E-state index contributed by atoms with van der Waals surface area (Å²) in [6, 6.07) is 15.8. The van der Waals surface area contributed by atoms with Crippen LogP contribution in [0.25, 0.3) is 11.0 Å². The van der Waals surface area contributed by atoms with Crippen LogP contribution in [-0.2, 0) is 4.79 Å². The zero-order valence-corrected chi connectivity index (χ0v) is 22.3. The molecule has 1 unspecified atom stereocenters. The van der Waals surface area contributed by atoms with Crippen LogP contribution in [0, 0.1) is 0 Å². The first kappa shape index (κ1) is 26.7. The number of primary amides is 1. The molecular formula is C29H31N7O4. The van der Waals surface area contributed by atoms with Gasteiger partial charge < -0.3 is 30.3 Å². The lowest BCUT2D eigenvalue weighted by atomic mass is 10.1. The van der Waals surface area contributed by atoms with Crippen LogP contribution in [-0.4, -0.2) is 76.6 Å². The molecular weight excluding hydrogens is 510 g/mol. The monoisotopic (exact) mass is 541 g/mol. The summed E-state index contributed by atoms with van der Waals surface area (Å²) in [6.07, 6.45) is 5.84. The lowest BCUT2D eigenvalue weighted by molar-refractivity contribution is -0.125. The van der Waals surface area contributed by atoms with E-state index in [1.807, 2.05) is 60.3 Å². The fraction of sp³-hybridized carbons (Fsp3) is 0.241. The molecule has 4 aromatic rings. The standard InChI is InChI=1S/C29H31N7O4/c1-35(2)15-6-9-25(37)36-16-13-19(18-36)32-29-26-24(12-14-31-28(26)33-34-29)40-23-11-10-21(17-22(23)27(30)38)39-20-7-4-3-5-8-20/h3-12,14,17,19H,13,15-16,18H2,1-2H3,(H2,30,38)(H2,31,32,33,34)/b9-6+. The Hall–Kier alpha value is -4.90. The number of carbonyl (C=O) groups is 2. The molecule has 0 saturated carbocycles. The average molecular weight is 542 g/mol.